The van der Waals surface area contributed by atoms with Gasteiger partial charge in [-0.1, -0.05) is 0 Å². The molecule has 0 bridgehead atoms. The van der Waals surface area contributed by atoms with E-state index in [0.29, 0.717) is 55.4 Å². The molecule has 0 atom stereocenters. The van der Waals surface area contributed by atoms with Crippen LogP contribution in [-0.2, 0) is 106 Å². The van der Waals surface area contributed by atoms with Gasteiger partial charge in [0.15, 0.2) is 13.2 Å². The maximum absolute atomic E-state index is 15.3. The first kappa shape index (κ1) is 65.0. The summed E-state index contributed by atoms with van der Waals surface area (Å²) >= 11 is 5.16. The molecule has 2 N–H and O–H groups in total. The molecule has 2 aromatic carbocycles. The maximum atomic E-state index is 15.3. The van der Waals surface area contributed by atoms with Gasteiger partial charge in [0, 0.05) is 101 Å². The smallest absolute Gasteiger partial charge is 0.333 e. The van der Waals surface area contributed by atoms with Crippen molar-refractivity contribution in [3.63, 3.8) is 0 Å². The average molecular weight is 1520 g/mol. The van der Waals surface area contributed by atoms with E-state index in [1.807, 2.05) is 0 Å². The molecule has 32 nitrogen and oxygen atoms in total. The molecule has 2 rings (SSSR count). The number of esters is 2. The summed E-state index contributed by atoms with van der Waals surface area (Å²) in [6.07, 6.45) is 0. The Morgan fingerprint density at radius 2 is 0.487 bits per heavy atom. The Balaban J connectivity index is 4.07. The standard InChI is InChI=1S/C40H36I4N6O26/c1-13(51)67-11-23(61)45-35-31(41)27(37(63)47(69-15(3)53)70-16(4)54)25(28(32(35)42)38(64)48(71-17(5)55)72-18(6)56)26-29(39(65)49(73-19(7)57)74-20(8)58)33(43)36(46-24(62)12-68-14(2)52)34(44)30(26)40(66)50(75-21(9)59)76-22(10)60/h11-12H2,1-10H3,(H,45,61)(H,46,62). The molecule has 0 saturated carbocycles. The van der Waals surface area contributed by atoms with Crippen molar-refractivity contribution in [3.05, 3.63) is 36.5 Å². The summed E-state index contributed by atoms with van der Waals surface area (Å²) in [7, 11) is 0. The molecule has 410 valence electrons. The molecule has 0 radical (unpaired) electrons. The minimum Gasteiger partial charge on any atom is -0.456 e. The molecule has 0 heterocycles. The van der Waals surface area contributed by atoms with Gasteiger partial charge in [-0.05, 0) is 90.4 Å². The van der Waals surface area contributed by atoms with Crippen LogP contribution in [0.25, 0.3) is 11.1 Å². The van der Waals surface area contributed by atoms with Crippen LogP contribution < -0.4 is 10.6 Å². The number of nitrogens with zero attached hydrogens (tertiary/aromatic N) is 4. The van der Waals surface area contributed by atoms with Crippen LogP contribution >= 0.6 is 90.4 Å². The molecule has 0 aromatic heterocycles. The second-order valence-electron chi connectivity index (χ2n) is 13.8. The third-order valence-electron chi connectivity index (χ3n) is 7.56. The molecular formula is C40H36I4N6O26. The van der Waals surface area contributed by atoms with E-state index in [4.69, 9.17) is 48.2 Å². The van der Waals surface area contributed by atoms with Crippen LogP contribution in [0.5, 0.6) is 0 Å². The van der Waals surface area contributed by atoms with E-state index in [0.717, 1.165) is 13.8 Å². The second-order valence-corrected chi connectivity index (χ2v) is 18.1. The molecule has 76 heavy (non-hydrogen) atoms. The van der Waals surface area contributed by atoms with E-state index in [2.05, 4.69) is 10.6 Å². The van der Waals surface area contributed by atoms with E-state index in [1.54, 1.807) is 0 Å². The maximum Gasteiger partial charge on any atom is 0.333 e. The van der Waals surface area contributed by atoms with Crippen LogP contribution in [0.1, 0.15) is 111 Å². The highest BCUT2D eigenvalue weighted by Crippen LogP contribution is 2.48. The number of ether oxygens (including phenoxy) is 2. The van der Waals surface area contributed by atoms with Gasteiger partial charge in [-0.3, -0.25) is 38.4 Å². The van der Waals surface area contributed by atoms with Crippen molar-refractivity contribution in [2.24, 2.45) is 0 Å². The topological polar surface area (TPSA) is 402 Å². The Kier molecular flexibility index (Phi) is 24.5. The fourth-order valence-corrected chi connectivity index (χ4v) is 9.95. The zero-order valence-corrected chi connectivity index (χ0v) is 49.0. The van der Waals surface area contributed by atoms with Crippen molar-refractivity contribution in [1.82, 2.24) is 20.9 Å². The number of nitrogens with one attached hydrogen (secondary N) is 2. The molecule has 0 fully saturated rings. The van der Waals surface area contributed by atoms with Gasteiger partial charge in [0.1, 0.15) is 0 Å². The van der Waals surface area contributed by atoms with Crippen molar-refractivity contribution in [3.8, 4) is 11.1 Å². The van der Waals surface area contributed by atoms with Crippen molar-refractivity contribution in [2.45, 2.75) is 69.2 Å². The molecule has 6 amide bonds. The molecule has 0 spiro atoms. The van der Waals surface area contributed by atoms with E-state index >= 15 is 19.2 Å². The molecule has 0 aliphatic rings. The van der Waals surface area contributed by atoms with Crippen LogP contribution in [0.3, 0.4) is 0 Å². The molecule has 2 aromatic rings. The van der Waals surface area contributed by atoms with Gasteiger partial charge >= 0.3 is 83.3 Å². The fraction of sp³-hybridized carbons (Fsp3) is 0.300. The van der Waals surface area contributed by atoms with Gasteiger partial charge in [0.2, 0.25) is 0 Å². The SMILES string of the molecule is CC(=O)OCC(=O)Nc1c(I)c(C(=O)N(OC(C)=O)OC(C)=O)c(-c2c(C(=O)N(OC(C)=O)OC(C)=O)c(I)c(NC(=O)COC(C)=O)c(I)c2C(=O)N(OC(C)=O)OC(C)=O)c(C(=O)N(OC(C)=O)OC(C)=O)c1I. The summed E-state index contributed by atoms with van der Waals surface area (Å²) in [6.45, 7) is 5.06. The van der Waals surface area contributed by atoms with Gasteiger partial charge in [-0.2, -0.15) is 0 Å². The quantitative estimate of drug-likeness (QED) is 0.185. The molecule has 36 heteroatoms. The van der Waals surface area contributed by atoms with Crippen LogP contribution in [0, 0.1) is 14.3 Å². The summed E-state index contributed by atoms with van der Waals surface area (Å²) in [4.78, 5) is 252. The summed E-state index contributed by atoms with van der Waals surface area (Å²) in [5, 5.41) is 2.78. The lowest BCUT2D eigenvalue weighted by Gasteiger charge is -2.30. The predicted molar refractivity (Wildman–Crippen MR) is 272 cm³/mol. The fourth-order valence-electron chi connectivity index (χ4n) is 5.30. The Hall–Kier alpha value is -7.12. The number of hydrogen-bond acceptors (Lipinski definition) is 26. The van der Waals surface area contributed by atoms with Gasteiger partial charge in [-0.25, -0.2) is 38.4 Å². The van der Waals surface area contributed by atoms with E-state index in [1.165, 1.54) is 90.4 Å². The highest BCUT2D eigenvalue weighted by atomic mass is 127. The normalized spacial score (nSPS) is 10.1. The highest BCUT2D eigenvalue weighted by Gasteiger charge is 2.45. The number of anilines is 2. The Labute approximate surface area is 479 Å². The number of carbonyl (C=O) groups excluding carboxylic acids is 16. The lowest BCUT2D eigenvalue weighted by atomic mass is 9.85. The number of amides is 6. The molecular weight excluding hydrogens is 1490 g/mol. The van der Waals surface area contributed by atoms with E-state index < -0.39 is 188 Å². The number of hydrogen-bond donors (Lipinski definition) is 2. The summed E-state index contributed by atoms with van der Waals surface area (Å²) < 4.78 is 6.64. The van der Waals surface area contributed by atoms with Crippen molar-refractivity contribution in [1.29, 1.82) is 0 Å². The number of halogens is 4. The first-order chi connectivity index (χ1) is 35.1. The monoisotopic (exact) mass is 1520 g/mol. The lowest BCUT2D eigenvalue weighted by Crippen LogP contribution is -2.40. The molecule has 0 aliphatic heterocycles. The summed E-state index contributed by atoms with van der Waals surface area (Å²) in [5.74, 6) is -23.8. The van der Waals surface area contributed by atoms with Crippen molar-refractivity contribution < 1.29 is 125 Å². The Morgan fingerprint density at radius 1 is 0.316 bits per heavy atom. The largest absolute Gasteiger partial charge is 0.456 e. The summed E-state index contributed by atoms with van der Waals surface area (Å²) in [5.41, 5.74) is -9.22. The van der Waals surface area contributed by atoms with Gasteiger partial charge in [0.25, 0.3) is 11.8 Å². The third kappa shape index (κ3) is 18.0. The number of benzene rings is 2. The number of rotatable bonds is 11. The minimum absolute atomic E-state index is 0.427. The van der Waals surface area contributed by atoms with Crippen molar-refractivity contribution >= 4 is 197 Å². The van der Waals surface area contributed by atoms with Gasteiger partial charge in [0.05, 0.1) is 47.9 Å². The average Bonchev–Trinajstić information content (AvgIpc) is 3.27. The number of carbonyl (C=O) groups is 16. The highest BCUT2D eigenvalue weighted by molar-refractivity contribution is 14.1. The zero-order valence-electron chi connectivity index (χ0n) is 40.3. The van der Waals surface area contributed by atoms with Crippen LogP contribution in [-0.4, -0.2) is 129 Å². The van der Waals surface area contributed by atoms with Crippen LogP contribution in [0.4, 0.5) is 11.4 Å². The predicted octanol–water partition coefficient (Wildman–Crippen LogP) is 2.37. The Bertz CT molecular complexity index is 2470. The Morgan fingerprint density at radius 3 is 0.632 bits per heavy atom. The van der Waals surface area contributed by atoms with E-state index in [9.17, 15) is 57.5 Å². The van der Waals surface area contributed by atoms with Gasteiger partial charge in [-0.15, -0.1) is 0 Å². The number of hydroxylamine groups is 8. The van der Waals surface area contributed by atoms with Crippen LogP contribution in [0.2, 0.25) is 0 Å². The first-order valence-electron chi connectivity index (χ1n) is 20.0. The molecule has 0 aliphatic carbocycles. The summed E-state index contributed by atoms with van der Waals surface area (Å²) in [6, 6.07) is 0. The first-order valence-corrected chi connectivity index (χ1v) is 24.3. The van der Waals surface area contributed by atoms with Gasteiger partial charge < -0.3 is 58.8 Å². The zero-order chi connectivity index (χ0) is 58.4. The molecule has 0 unspecified atom stereocenters. The second kappa shape index (κ2) is 28.7. The molecule has 0 saturated heterocycles. The third-order valence-corrected chi connectivity index (χ3v) is 11.9. The minimum atomic E-state index is -1.95. The van der Waals surface area contributed by atoms with Crippen molar-refractivity contribution in [2.75, 3.05) is 23.8 Å². The van der Waals surface area contributed by atoms with Crippen LogP contribution in [0.15, 0.2) is 0 Å². The lowest BCUT2D eigenvalue weighted by molar-refractivity contribution is -0.290. The van der Waals surface area contributed by atoms with E-state index in [-0.39, 0.29) is 0 Å².